The Balaban J connectivity index is 1.68. The second-order valence-corrected chi connectivity index (χ2v) is 7.44. The summed E-state index contributed by atoms with van der Waals surface area (Å²) in [7, 11) is 0. The molecule has 3 fully saturated rings. The first-order valence-corrected chi connectivity index (χ1v) is 7.96. The summed E-state index contributed by atoms with van der Waals surface area (Å²) in [6, 6.07) is 0. The van der Waals surface area contributed by atoms with E-state index < -0.39 is 0 Å². The van der Waals surface area contributed by atoms with Gasteiger partial charge in [-0.2, -0.15) is 0 Å². The van der Waals surface area contributed by atoms with Crippen molar-refractivity contribution in [1.29, 1.82) is 0 Å². The quantitative estimate of drug-likeness (QED) is 0.575. The van der Waals surface area contributed by atoms with Crippen LogP contribution in [0.2, 0.25) is 0 Å². The minimum absolute atomic E-state index is 0.750. The predicted octanol–water partition coefficient (Wildman–Crippen LogP) is 4.66. The topological polar surface area (TPSA) is 0 Å². The van der Waals surface area contributed by atoms with Crippen molar-refractivity contribution in [2.75, 3.05) is 0 Å². The van der Waals surface area contributed by atoms with E-state index in [9.17, 15) is 0 Å². The molecule has 0 saturated heterocycles. The summed E-state index contributed by atoms with van der Waals surface area (Å²) in [5.41, 5.74) is 0.750. The summed E-state index contributed by atoms with van der Waals surface area (Å²) in [4.78, 5) is 0. The molecule has 94 valence electrons. The van der Waals surface area contributed by atoms with Crippen LogP contribution in [-0.2, 0) is 0 Å². The van der Waals surface area contributed by atoms with Gasteiger partial charge in [-0.25, -0.2) is 0 Å². The highest BCUT2D eigenvalue weighted by Crippen LogP contribution is 2.82. The average molecular weight is 230 g/mol. The largest absolute Gasteiger partial charge is 0.0842 e. The van der Waals surface area contributed by atoms with Gasteiger partial charge in [0.05, 0.1) is 0 Å². The molecule has 0 radical (unpaired) electrons. The molecule has 6 atom stereocenters. The maximum absolute atomic E-state index is 2.63. The molecule has 0 heterocycles. The minimum atomic E-state index is 0.750. The van der Waals surface area contributed by atoms with Crippen LogP contribution in [0.1, 0.15) is 52.4 Å². The summed E-state index contributed by atoms with van der Waals surface area (Å²) in [6.07, 6.45) is 14.4. The highest BCUT2D eigenvalue weighted by atomic mass is 14.8. The van der Waals surface area contributed by atoms with Gasteiger partial charge in [0.1, 0.15) is 0 Å². The molecule has 3 saturated carbocycles. The van der Waals surface area contributed by atoms with Gasteiger partial charge in [-0.3, -0.25) is 0 Å². The molecule has 0 nitrogen and oxygen atoms in total. The Kier molecular flexibility index (Phi) is 2.13. The van der Waals surface area contributed by atoms with Crippen molar-refractivity contribution in [3.63, 3.8) is 0 Å². The van der Waals surface area contributed by atoms with Crippen molar-refractivity contribution in [2.24, 2.45) is 40.9 Å². The molecule has 0 heteroatoms. The lowest BCUT2D eigenvalue weighted by Crippen LogP contribution is -2.25. The van der Waals surface area contributed by atoms with Crippen LogP contribution in [0, 0.1) is 40.9 Å². The maximum Gasteiger partial charge on any atom is -0.0106 e. The molecule has 17 heavy (non-hydrogen) atoms. The molecule has 4 rings (SSSR count). The normalized spacial score (nSPS) is 55.4. The van der Waals surface area contributed by atoms with E-state index in [0.717, 1.165) is 40.9 Å². The molecule has 4 aliphatic carbocycles. The van der Waals surface area contributed by atoms with Crippen molar-refractivity contribution in [3.05, 3.63) is 12.2 Å². The third-order valence-electron chi connectivity index (χ3n) is 6.83. The molecule has 0 aromatic carbocycles. The number of rotatable bonds is 1. The monoisotopic (exact) mass is 230 g/mol. The number of allylic oxidation sites excluding steroid dienone is 2. The first-order chi connectivity index (χ1) is 8.28. The second-order valence-electron chi connectivity index (χ2n) is 7.44. The van der Waals surface area contributed by atoms with Crippen LogP contribution in [0.15, 0.2) is 12.2 Å². The standard InChI is InChI=1S/C17H26/c1-11(2)17-14-9-10-15(17)16(17)13-8-6-4-3-5-7-12(13)14/h9-16H,3-8H2,1-2H3. The maximum atomic E-state index is 2.63. The van der Waals surface area contributed by atoms with Crippen LogP contribution in [-0.4, -0.2) is 0 Å². The fourth-order valence-corrected chi connectivity index (χ4v) is 6.36. The van der Waals surface area contributed by atoms with Gasteiger partial charge in [0.25, 0.3) is 0 Å². The molecular weight excluding hydrogens is 204 g/mol. The van der Waals surface area contributed by atoms with Crippen LogP contribution < -0.4 is 0 Å². The Morgan fingerprint density at radius 3 is 2.24 bits per heavy atom. The zero-order valence-electron chi connectivity index (χ0n) is 11.4. The summed E-state index contributed by atoms with van der Waals surface area (Å²) in [5.74, 6) is 6.14. The van der Waals surface area contributed by atoms with Crippen LogP contribution in [0.25, 0.3) is 0 Å². The Labute approximate surface area is 106 Å². The van der Waals surface area contributed by atoms with E-state index in [1.54, 1.807) is 6.42 Å². The first-order valence-electron chi connectivity index (χ1n) is 7.96. The molecule has 0 aromatic rings. The van der Waals surface area contributed by atoms with Gasteiger partial charge >= 0.3 is 0 Å². The Hall–Kier alpha value is -0.260. The van der Waals surface area contributed by atoms with Crippen LogP contribution in [0.3, 0.4) is 0 Å². The fourth-order valence-electron chi connectivity index (χ4n) is 6.36. The summed E-state index contributed by atoms with van der Waals surface area (Å²) in [5, 5.41) is 0. The summed E-state index contributed by atoms with van der Waals surface area (Å²) < 4.78 is 0. The van der Waals surface area contributed by atoms with Gasteiger partial charge < -0.3 is 0 Å². The van der Waals surface area contributed by atoms with Crippen molar-refractivity contribution >= 4 is 0 Å². The number of hydrogen-bond acceptors (Lipinski definition) is 0. The van der Waals surface area contributed by atoms with E-state index in [0.29, 0.717) is 0 Å². The Morgan fingerprint density at radius 1 is 0.882 bits per heavy atom. The molecule has 0 bridgehead atoms. The molecule has 0 aromatic heterocycles. The van der Waals surface area contributed by atoms with Crippen LogP contribution in [0.4, 0.5) is 0 Å². The predicted molar refractivity (Wildman–Crippen MR) is 71.6 cm³/mol. The number of fused-ring (bicyclic) bond motifs is 4. The molecule has 4 aliphatic rings. The van der Waals surface area contributed by atoms with Crippen molar-refractivity contribution in [2.45, 2.75) is 52.4 Å². The third-order valence-corrected chi connectivity index (χ3v) is 6.83. The van der Waals surface area contributed by atoms with Gasteiger partial charge in [0.2, 0.25) is 0 Å². The van der Waals surface area contributed by atoms with Crippen LogP contribution >= 0.6 is 0 Å². The smallest absolute Gasteiger partial charge is 0.0106 e. The Bertz CT molecular complexity index is 353. The zero-order valence-corrected chi connectivity index (χ0v) is 11.4. The first kappa shape index (κ1) is 10.6. The summed E-state index contributed by atoms with van der Waals surface area (Å²) >= 11 is 0. The molecule has 0 spiro atoms. The van der Waals surface area contributed by atoms with Crippen molar-refractivity contribution in [3.8, 4) is 0 Å². The highest BCUT2D eigenvalue weighted by Gasteiger charge is 2.78. The highest BCUT2D eigenvalue weighted by molar-refractivity contribution is 5.36. The van der Waals surface area contributed by atoms with Crippen LogP contribution in [0.5, 0.6) is 0 Å². The third kappa shape index (κ3) is 1.11. The van der Waals surface area contributed by atoms with Gasteiger partial charge in [-0.15, -0.1) is 0 Å². The molecule has 6 unspecified atom stereocenters. The van der Waals surface area contributed by atoms with E-state index in [2.05, 4.69) is 26.0 Å². The molecule has 0 amide bonds. The lowest BCUT2D eigenvalue weighted by Gasteiger charge is -2.31. The van der Waals surface area contributed by atoms with E-state index in [-0.39, 0.29) is 0 Å². The molecular formula is C17H26. The zero-order chi connectivity index (χ0) is 11.6. The van der Waals surface area contributed by atoms with Crippen molar-refractivity contribution in [1.82, 2.24) is 0 Å². The Morgan fingerprint density at radius 2 is 1.53 bits per heavy atom. The minimum Gasteiger partial charge on any atom is -0.0842 e. The fraction of sp³-hybridized carbons (Fsp3) is 0.882. The average Bonchev–Trinajstić information content (AvgIpc) is 2.69. The molecule has 0 aliphatic heterocycles. The lowest BCUT2D eigenvalue weighted by molar-refractivity contribution is 0.194. The van der Waals surface area contributed by atoms with Gasteiger partial charge in [0.15, 0.2) is 0 Å². The molecule has 0 N–H and O–H groups in total. The second kappa shape index (κ2) is 3.39. The number of hydrogen-bond donors (Lipinski definition) is 0. The lowest BCUT2D eigenvalue weighted by atomic mass is 9.73. The van der Waals surface area contributed by atoms with Gasteiger partial charge in [0, 0.05) is 0 Å². The van der Waals surface area contributed by atoms with Gasteiger partial charge in [-0.1, -0.05) is 51.7 Å². The van der Waals surface area contributed by atoms with E-state index >= 15 is 0 Å². The van der Waals surface area contributed by atoms with E-state index in [1.807, 2.05) is 0 Å². The van der Waals surface area contributed by atoms with E-state index in [4.69, 9.17) is 0 Å². The van der Waals surface area contributed by atoms with E-state index in [1.165, 1.54) is 32.1 Å². The SMILES string of the molecule is CC(C)C12C3C=CC1C2C1CCCCCCC13. The summed E-state index contributed by atoms with van der Waals surface area (Å²) in [6.45, 7) is 4.98. The van der Waals surface area contributed by atoms with Gasteiger partial charge in [-0.05, 0) is 53.8 Å². The van der Waals surface area contributed by atoms with Crippen molar-refractivity contribution < 1.29 is 0 Å².